The lowest BCUT2D eigenvalue weighted by Gasteiger charge is -2.24. The van der Waals surface area contributed by atoms with Crippen molar-refractivity contribution < 1.29 is 19.0 Å². The fourth-order valence-electron chi connectivity index (χ4n) is 5.54. The van der Waals surface area contributed by atoms with E-state index in [1.54, 1.807) is 6.33 Å². The van der Waals surface area contributed by atoms with Crippen molar-refractivity contribution in [3.8, 4) is 0 Å². The number of carbonyl (C=O) groups is 1. The van der Waals surface area contributed by atoms with Gasteiger partial charge in [0.15, 0.2) is 5.79 Å². The van der Waals surface area contributed by atoms with Gasteiger partial charge in [0, 0.05) is 25.2 Å². The molecule has 1 unspecified atom stereocenters. The molecule has 2 N–H and O–H groups in total. The average molecular weight is 458 g/mol. The van der Waals surface area contributed by atoms with Crippen LogP contribution in [0.3, 0.4) is 0 Å². The second-order valence-corrected chi connectivity index (χ2v) is 10.0. The van der Waals surface area contributed by atoms with Crippen LogP contribution in [0.2, 0.25) is 0 Å². The van der Waals surface area contributed by atoms with Gasteiger partial charge in [-0.3, -0.25) is 0 Å². The minimum atomic E-state index is -0.667. The minimum Gasteiger partial charge on any atom is -0.450 e. The van der Waals surface area contributed by atoms with Crippen LogP contribution >= 0.6 is 0 Å². The highest BCUT2D eigenvalue weighted by molar-refractivity contribution is 5.92. The van der Waals surface area contributed by atoms with Crippen LogP contribution in [-0.4, -0.2) is 58.3 Å². The number of carbonyl (C=O) groups excluding carboxylic acids is 1. The van der Waals surface area contributed by atoms with Gasteiger partial charge in [-0.1, -0.05) is 20.3 Å². The average Bonchev–Trinajstić information content (AvgIpc) is 3.37. The molecular weight excluding hydrogens is 422 g/mol. The Morgan fingerprint density at radius 3 is 2.97 bits per heavy atom. The van der Waals surface area contributed by atoms with E-state index < -0.39 is 5.79 Å². The summed E-state index contributed by atoms with van der Waals surface area (Å²) in [5.74, 6) is 0.772. The number of anilines is 1. The molecule has 1 amide bonds. The van der Waals surface area contributed by atoms with Gasteiger partial charge in [-0.2, -0.15) is 0 Å². The molecule has 1 aliphatic carbocycles. The second kappa shape index (κ2) is 8.76. The maximum Gasteiger partial charge on any atom is 0.407 e. The first kappa shape index (κ1) is 22.4. The number of alkyl carbamates (subject to hydrolysis) is 1. The third-order valence-electron chi connectivity index (χ3n) is 7.19. The van der Waals surface area contributed by atoms with Crippen LogP contribution in [0.25, 0.3) is 11.0 Å². The van der Waals surface area contributed by atoms with Gasteiger partial charge in [-0.15, -0.1) is 0 Å². The Bertz CT molecular complexity index is 1020. The monoisotopic (exact) mass is 457 g/mol. The van der Waals surface area contributed by atoms with E-state index in [2.05, 4.69) is 45.2 Å². The lowest BCUT2D eigenvalue weighted by Crippen LogP contribution is -2.35. The molecule has 4 heterocycles. The summed E-state index contributed by atoms with van der Waals surface area (Å²) < 4.78 is 20.3. The van der Waals surface area contributed by atoms with Crippen LogP contribution in [0.5, 0.6) is 0 Å². The van der Waals surface area contributed by atoms with E-state index in [1.807, 2.05) is 13.8 Å². The third kappa shape index (κ3) is 4.17. The molecule has 0 spiro atoms. The van der Waals surface area contributed by atoms with Crippen LogP contribution in [0.1, 0.15) is 70.9 Å². The topological polar surface area (TPSA) is 99.5 Å². The van der Waals surface area contributed by atoms with Crippen LogP contribution in [-0.2, 0) is 14.2 Å². The molecule has 3 aliphatic rings. The number of amides is 1. The summed E-state index contributed by atoms with van der Waals surface area (Å²) in [5.41, 5.74) is 2.21. The number of unbranched alkanes of at least 4 members (excludes halogenated alkanes) is 1. The van der Waals surface area contributed by atoms with E-state index in [4.69, 9.17) is 14.2 Å². The largest absolute Gasteiger partial charge is 0.450 e. The zero-order valence-corrected chi connectivity index (χ0v) is 20.0. The predicted molar refractivity (Wildman–Crippen MR) is 124 cm³/mol. The summed E-state index contributed by atoms with van der Waals surface area (Å²) >= 11 is 0. The number of rotatable bonds is 6. The van der Waals surface area contributed by atoms with Gasteiger partial charge in [0.1, 0.15) is 23.9 Å². The fourth-order valence-corrected chi connectivity index (χ4v) is 5.54. The smallest absolute Gasteiger partial charge is 0.407 e. The van der Waals surface area contributed by atoms with Crippen molar-refractivity contribution in [3.63, 3.8) is 0 Å². The predicted octanol–water partition coefficient (Wildman–Crippen LogP) is 3.96. The van der Waals surface area contributed by atoms with Crippen molar-refractivity contribution >= 4 is 22.9 Å². The van der Waals surface area contributed by atoms with Crippen molar-refractivity contribution in [2.24, 2.45) is 5.92 Å². The van der Waals surface area contributed by atoms with Gasteiger partial charge in [-0.05, 0) is 44.6 Å². The summed E-state index contributed by atoms with van der Waals surface area (Å²) in [4.78, 5) is 21.3. The summed E-state index contributed by atoms with van der Waals surface area (Å²) in [6.07, 6.45) is 7.03. The Morgan fingerprint density at radius 1 is 1.33 bits per heavy atom. The number of hydrogen-bond acceptors (Lipinski definition) is 7. The van der Waals surface area contributed by atoms with Gasteiger partial charge in [0.05, 0.1) is 24.1 Å². The minimum absolute atomic E-state index is 0.0605. The summed E-state index contributed by atoms with van der Waals surface area (Å²) in [7, 11) is 0. The molecule has 9 heteroatoms. The van der Waals surface area contributed by atoms with E-state index in [-0.39, 0.29) is 30.3 Å². The Labute approximate surface area is 194 Å². The Kier molecular flexibility index (Phi) is 5.95. The molecule has 5 atom stereocenters. The standard InChI is InChI=1S/C24H35N5O4/c1-5-6-9-31-23(30)26-11-15-10-17(20-19(15)32-24(3,4)33-20)29-12-16-14(2)7-8-25-21-18(16)22(29)28-13-27-21/h12-15,17,19-20H,5-11H2,1-4H3,(H,26,30)(H,25,27,28)/t14?,15-,17-,19-,20+/m1/s1. The first-order valence-electron chi connectivity index (χ1n) is 12.2. The van der Waals surface area contributed by atoms with Crippen molar-refractivity contribution in [3.05, 3.63) is 18.1 Å². The SMILES string of the molecule is CCCCOC(=O)NC[C@H]1C[C@@H](n2cc3c4c(ncnc42)NCCC3C)[C@@H]2OC(C)(C)O[C@H]12. The Hall–Kier alpha value is -2.39. The molecule has 0 aromatic carbocycles. The van der Waals surface area contributed by atoms with Crippen molar-refractivity contribution in [2.75, 3.05) is 25.0 Å². The number of hydrogen-bond donors (Lipinski definition) is 2. The van der Waals surface area contributed by atoms with Crippen molar-refractivity contribution in [2.45, 2.75) is 83.3 Å². The molecule has 33 heavy (non-hydrogen) atoms. The molecular formula is C24H35N5O4. The Balaban J connectivity index is 1.42. The van der Waals surface area contributed by atoms with E-state index in [1.165, 1.54) is 5.56 Å². The molecule has 1 saturated heterocycles. The number of nitrogens with one attached hydrogen (secondary N) is 2. The number of ether oxygens (including phenoxy) is 3. The Morgan fingerprint density at radius 2 is 2.15 bits per heavy atom. The van der Waals surface area contributed by atoms with E-state index in [0.717, 1.165) is 49.1 Å². The van der Waals surface area contributed by atoms with Gasteiger partial charge >= 0.3 is 6.09 Å². The van der Waals surface area contributed by atoms with Gasteiger partial charge in [0.25, 0.3) is 0 Å². The summed E-state index contributed by atoms with van der Waals surface area (Å²) in [6, 6.07) is 0.0605. The zero-order chi connectivity index (χ0) is 23.2. The first-order valence-corrected chi connectivity index (χ1v) is 12.2. The molecule has 2 aromatic rings. The second-order valence-electron chi connectivity index (χ2n) is 10.0. The van der Waals surface area contributed by atoms with E-state index in [0.29, 0.717) is 19.1 Å². The molecule has 180 valence electrons. The van der Waals surface area contributed by atoms with E-state index in [9.17, 15) is 4.79 Å². The van der Waals surface area contributed by atoms with Crippen LogP contribution in [0, 0.1) is 5.92 Å². The molecule has 2 aliphatic heterocycles. The molecule has 0 radical (unpaired) electrons. The third-order valence-corrected chi connectivity index (χ3v) is 7.19. The summed E-state index contributed by atoms with van der Waals surface area (Å²) in [5, 5.41) is 7.52. The van der Waals surface area contributed by atoms with Crippen LogP contribution < -0.4 is 10.6 Å². The van der Waals surface area contributed by atoms with Crippen molar-refractivity contribution in [1.29, 1.82) is 0 Å². The highest BCUT2D eigenvalue weighted by Gasteiger charge is 2.54. The van der Waals surface area contributed by atoms with Gasteiger partial charge in [0.2, 0.25) is 0 Å². The summed E-state index contributed by atoms with van der Waals surface area (Å²) in [6.45, 7) is 10.1. The molecule has 5 rings (SSSR count). The van der Waals surface area contributed by atoms with Crippen LogP contribution in [0.15, 0.2) is 12.5 Å². The van der Waals surface area contributed by atoms with Crippen LogP contribution in [0.4, 0.5) is 10.6 Å². The van der Waals surface area contributed by atoms with Gasteiger partial charge < -0.3 is 29.4 Å². The lowest BCUT2D eigenvalue weighted by molar-refractivity contribution is -0.160. The molecule has 1 saturated carbocycles. The fraction of sp³-hybridized carbons (Fsp3) is 0.708. The number of aromatic nitrogens is 3. The molecule has 2 fully saturated rings. The van der Waals surface area contributed by atoms with Crippen molar-refractivity contribution in [1.82, 2.24) is 19.9 Å². The highest BCUT2D eigenvalue weighted by Crippen LogP contribution is 2.48. The van der Waals surface area contributed by atoms with E-state index >= 15 is 0 Å². The molecule has 2 aromatic heterocycles. The molecule has 0 bridgehead atoms. The quantitative estimate of drug-likeness (QED) is 0.634. The van der Waals surface area contributed by atoms with Gasteiger partial charge in [-0.25, -0.2) is 14.8 Å². The maximum absolute atomic E-state index is 12.1. The number of fused-ring (bicyclic) bond motifs is 1. The number of nitrogens with zero attached hydrogens (tertiary/aromatic N) is 3. The lowest BCUT2D eigenvalue weighted by atomic mass is 10.00. The maximum atomic E-state index is 12.1. The first-order chi connectivity index (χ1) is 15.9. The zero-order valence-electron chi connectivity index (χ0n) is 20.0. The highest BCUT2D eigenvalue weighted by atomic mass is 16.8. The molecule has 9 nitrogen and oxygen atoms in total. The normalized spacial score (nSPS) is 30.0.